The summed E-state index contributed by atoms with van der Waals surface area (Å²) in [5.74, 6) is 0.158. The first-order valence-electron chi connectivity index (χ1n) is 6.24. The van der Waals surface area contributed by atoms with Crippen LogP contribution in [0.3, 0.4) is 0 Å². The van der Waals surface area contributed by atoms with Gasteiger partial charge in [0.2, 0.25) is 0 Å². The normalized spacial score (nSPS) is 10.9. The summed E-state index contributed by atoms with van der Waals surface area (Å²) in [7, 11) is 0. The van der Waals surface area contributed by atoms with Crippen molar-refractivity contribution in [2.75, 3.05) is 11.9 Å². The van der Waals surface area contributed by atoms with Gasteiger partial charge in [0.25, 0.3) is 0 Å². The molecule has 2 aromatic rings. The molecule has 0 bridgehead atoms. The van der Waals surface area contributed by atoms with Gasteiger partial charge in [-0.15, -0.1) is 0 Å². The largest absolute Gasteiger partial charge is 0.435 e. The lowest BCUT2D eigenvalue weighted by atomic mass is 10.2. The second-order valence-electron chi connectivity index (χ2n) is 4.10. The Morgan fingerprint density at radius 3 is 2.35 bits per heavy atom. The Bertz CT molecular complexity index is 538. The maximum Gasteiger partial charge on any atom is 0.387 e. The SMILES string of the molecule is FC(F)Oc1ccc(NCC=Cc2ccccc2)cc1. The molecule has 0 saturated heterocycles. The van der Waals surface area contributed by atoms with Crippen molar-refractivity contribution >= 4 is 11.8 Å². The van der Waals surface area contributed by atoms with Crippen LogP contribution in [0, 0.1) is 0 Å². The van der Waals surface area contributed by atoms with Crippen LogP contribution < -0.4 is 10.1 Å². The third-order valence-corrected chi connectivity index (χ3v) is 2.61. The zero-order valence-electron chi connectivity index (χ0n) is 10.8. The van der Waals surface area contributed by atoms with Crippen molar-refractivity contribution in [3.63, 3.8) is 0 Å². The van der Waals surface area contributed by atoms with Gasteiger partial charge in [0, 0.05) is 12.2 Å². The third-order valence-electron chi connectivity index (χ3n) is 2.61. The highest BCUT2D eigenvalue weighted by atomic mass is 19.3. The zero-order chi connectivity index (χ0) is 14.2. The van der Waals surface area contributed by atoms with Gasteiger partial charge in [-0.2, -0.15) is 8.78 Å². The molecule has 0 aliphatic carbocycles. The molecule has 0 spiro atoms. The van der Waals surface area contributed by atoms with Crippen molar-refractivity contribution < 1.29 is 13.5 Å². The van der Waals surface area contributed by atoms with Gasteiger partial charge >= 0.3 is 6.61 Å². The lowest BCUT2D eigenvalue weighted by Gasteiger charge is -2.06. The molecule has 0 fully saturated rings. The van der Waals surface area contributed by atoms with E-state index >= 15 is 0 Å². The third kappa shape index (κ3) is 4.72. The minimum absolute atomic E-state index is 0.158. The van der Waals surface area contributed by atoms with E-state index in [2.05, 4.69) is 10.1 Å². The van der Waals surface area contributed by atoms with Gasteiger partial charge in [-0.3, -0.25) is 0 Å². The number of benzene rings is 2. The van der Waals surface area contributed by atoms with Crippen molar-refractivity contribution in [1.29, 1.82) is 0 Å². The number of alkyl halides is 2. The monoisotopic (exact) mass is 275 g/mol. The van der Waals surface area contributed by atoms with E-state index in [0.29, 0.717) is 6.54 Å². The minimum atomic E-state index is -2.79. The summed E-state index contributed by atoms with van der Waals surface area (Å²) in [5, 5.41) is 3.17. The van der Waals surface area contributed by atoms with Crippen molar-refractivity contribution in [1.82, 2.24) is 0 Å². The molecule has 0 radical (unpaired) electrons. The number of rotatable bonds is 6. The number of hydrogen-bond donors (Lipinski definition) is 1. The number of halogens is 2. The highest BCUT2D eigenvalue weighted by molar-refractivity contribution is 5.51. The molecule has 104 valence electrons. The van der Waals surface area contributed by atoms with E-state index in [4.69, 9.17) is 0 Å². The number of hydrogen-bond acceptors (Lipinski definition) is 2. The van der Waals surface area contributed by atoms with Crippen LogP contribution in [-0.4, -0.2) is 13.2 Å². The molecular formula is C16H15F2NO. The highest BCUT2D eigenvalue weighted by Crippen LogP contribution is 2.17. The molecule has 0 aromatic heterocycles. The molecule has 1 N–H and O–H groups in total. The van der Waals surface area contributed by atoms with Gasteiger partial charge in [-0.05, 0) is 29.8 Å². The van der Waals surface area contributed by atoms with Crippen LogP contribution >= 0.6 is 0 Å². The van der Waals surface area contributed by atoms with Crippen LogP contribution in [0.25, 0.3) is 6.08 Å². The van der Waals surface area contributed by atoms with Gasteiger partial charge in [0.15, 0.2) is 0 Å². The fourth-order valence-electron chi connectivity index (χ4n) is 1.69. The highest BCUT2D eigenvalue weighted by Gasteiger charge is 2.02. The maximum absolute atomic E-state index is 12.0. The number of anilines is 1. The van der Waals surface area contributed by atoms with Crippen molar-refractivity contribution in [2.24, 2.45) is 0 Å². The summed E-state index contributed by atoms with van der Waals surface area (Å²) in [6, 6.07) is 16.4. The van der Waals surface area contributed by atoms with E-state index in [1.807, 2.05) is 42.5 Å². The quantitative estimate of drug-likeness (QED) is 0.843. The van der Waals surface area contributed by atoms with Crippen molar-refractivity contribution in [3.05, 3.63) is 66.2 Å². The van der Waals surface area contributed by atoms with Gasteiger partial charge < -0.3 is 10.1 Å². The lowest BCUT2D eigenvalue weighted by Crippen LogP contribution is -2.02. The molecule has 2 rings (SSSR count). The zero-order valence-corrected chi connectivity index (χ0v) is 10.8. The first kappa shape index (κ1) is 14.1. The van der Waals surface area contributed by atoms with Crippen molar-refractivity contribution in [2.45, 2.75) is 6.61 Å². The Balaban J connectivity index is 1.81. The van der Waals surface area contributed by atoms with E-state index in [0.717, 1.165) is 11.3 Å². The van der Waals surface area contributed by atoms with Gasteiger partial charge in [-0.1, -0.05) is 42.5 Å². The molecule has 2 aromatic carbocycles. The summed E-state index contributed by atoms with van der Waals surface area (Å²) >= 11 is 0. The predicted molar refractivity (Wildman–Crippen MR) is 77.0 cm³/mol. The van der Waals surface area contributed by atoms with Crippen LogP contribution in [0.2, 0.25) is 0 Å². The molecule has 0 amide bonds. The Morgan fingerprint density at radius 2 is 1.70 bits per heavy atom. The Labute approximate surface area is 116 Å². The maximum atomic E-state index is 12.0. The topological polar surface area (TPSA) is 21.3 Å². The molecule has 0 aliphatic heterocycles. The summed E-state index contributed by atoms with van der Waals surface area (Å²) in [5.41, 5.74) is 1.99. The summed E-state index contributed by atoms with van der Waals surface area (Å²) in [4.78, 5) is 0. The second kappa shape index (κ2) is 7.28. The molecule has 20 heavy (non-hydrogen) atoms. The molecule has 0 unspecified atom stereocenters. The van der Waals surface area contributed by atoms with Crippen LogP contribution in [0.4, 0.5) is 14.5 Å². The fourth-order valence-corrected chi connectivity index (χ4v) is 1.69. The summed E-state index contributed by atoms with van der Waals surface area (Å²) < 4.78 is 28.2. The minimum Gasteiger partial charge on any atom is -0.435 e. The molecule has 0 aliphatic rings. The van der Waals surface area contributed by atoms with E-state index in [-0.39, 0.29) is 5.75 Å². The van der Waals surface area contributed by atoms with E-state index in [1.54, 1.807) is 12.1 Å². The van der Waals surface area contributed by atoms with Crippen LogP contribution in [-0.2, 0) is 0 Å². The smallest absolute Gasteiger partial charge is 0.387 e. The second-order valence-corrected chi connectivity index (χ2v) is 4.10. The summed E-state index contributed by atoms with van der Waals surface area (Å²) in [6.45, 7) is -2.13. The molecule has 0 atom stereocenters. The van der Waals surface area contributed by atoms with Gasteiger partial charge in [-0.25, -0.2) is 0 Å². The first-order valence-corrected chi connectivity index (χ1v) is 6.24. The van der Waals surface area contributed by atoms with Gasteiger partial charge in [0.05, 0.1) is 0 Å². The lowest BCUT2D eigenvalue weighted by molar-refractivity contribution is -0.0498. The molecule has 2 nitrogen and oxygen atoms in total. The molecule has 0 saturated carbocycles. The van der Waals surface area contributed by atoms with E-state index in [1.165, 1.54) is 12.1 Å². The van der Waals surface area contributed by atoms with Crippen LogP contribution in [0.5, 0.6) is 5.75 Å². The average Bonchev–Trinajstić information content (AvgIpc) is 2.46. The molecule has 0 heterocycles. The van der Waals surface area contributed by atoms with Crippen LogP contribution in [0.1, 0.15) is 5.56 Å². The number of ether oxygens (including phenoxy) is 1. The Kier molecular flexibility index (Phi) is 5.12. The Hall–Kier alpha value is -2.36. The van der Waals surface area contributed by atoms with Crippen LogP contribution in [0.15, 0.2) is 60.7 Å². The predicted octanol–water partition coefficient (Wildman–Crippen LogP) is 4.41. The molecular weight excluding hydrogens is 260 g/mol. The molecule has 4 heteroatoms. The van der Waals surface area contributed by atoms with E-state index in [9.17, 15) is 8.78 Å². The average molecular weight is 275 g/mol. The standard InChI is InChI=1S/C16H15F2NO/c17-16(18)20-15-10-8-14(9-11-15)19-12-4-7-13-5-2-1-3-6-13/h1-11,16,19H,12H2. The number of nitrogens with one attached hydrogen (secondary N) is 1. The van der Waals surface area contributed by atoms with Crippen molar-refractivity contribution in [3.8, 4) is 5.75 Å². The fraction of sp³-hybridized carbons (Fsp3) is 0.125. The van der Waals surface area contributed by atoms with E-state index < -0.39 is 6.61 Å². The Morgan fingerprint density at radius 1 is 1.00 bits per heavy atom. The van der Waals surface area contributed by atoms with Gasteiger partial charge in [0.1, 0.15) is 5.75 Å². The summed E-state index contributed by atoms with van der Waals surface area (Å²) in [6.07, 6.45) is 4.01. The first-order chi connectivity index (χ1) is 9.74.